The van der Waals surface area contributed by atoms with Crippen LogP contribution in [-0.2, 0) is 75.9 Å². The first-order valence-corrected chi connectivity index (χ1v) is 17.2. The van der Waals surface area contributed by atoms with Crippen LogP contribution in [0.1, 0.15) is 60.3 Å². The SMILES string of the molecule is CC(C)C[C@@H](C=O)N[C@H]1C(=O)N([C@@H](N[C@H](C=O)CC(C)C)C(=O)N2CCN([C@H]([C-]=O)N[C@H](C=O)CCC(N)=O)C(=O)[C@@H]2N[C@@H](C)C=O)CCN1C.[Y]. The molecule has 0 aliphatic carbocycles. The van der Waals surface area contributed by atoms with Gasteiger partial charge in [0.1, 0.15) is 31.3 Å². The molecule has 4 amide bonds. The number of primary amides is 1. The molecule has 2 heterocycles. The Morgan fingerprint density at radius 3 is 1.87 bits per heavy atom. The van der Waals surface area contributed by atoms with E-state index in [-0.39, 0.29) is 77.0 Å². The minimum atomic E-state index is -1.52. The first kappa shape index (κ1) is 47.2. The number of likely N-dealkylation sites (N-methyl/N-ethyl adjacent to an activating group) is 1. The van der Waals surface area contributed by atoms with Gasteiger partial charge in [-0.05, 0) is 51.2 Å². The van der Waals surface area contributed by atoms with Crippen molar-refractivity contribution in [3.8, 4) is 0 Å². The Morgan fingerprint density at radius 2 is 1.35 bits per heavy atom. The van der Waals surface area contributed by atoms with Gasteiger partial charge in [0.25, 0.3) is 17.7 Å². The topological polar surface area (TPSA) is 241 Å². The van der Waals surface area contributed by atoms with Gasteiger partial charge in [-0.15, -0.1) is 0 Å². The number of carbonyl (C=O) groups excluding carboxylic acids is 9. The molecule has 0 aromatic carbocycles. The van der Waals surface area contributed by atoms with Crippen LogP contribution in [0.25, 0.3) is 0 Å². The minimum Gasteiger partial charge on any atom is -0.539 e. The van der Waals surface area contributed by atoms with E-state index in [1.54, 1.807) is 18.2 Å². The van der Waals surface area contributed by atoms with Crippen molar-refractivity contribution in [1.82, 2.24) is 40.9 Å². The molecule has 0 aromatic rings. The molecular weight excluding hydrogens is 755 g/mol. The van der Waals surface area contributed by atoms with E-state index in [0.29, 0.717) is 38.2 Å². The summed E-state index contributed by atoms with van der Waals surface area (Å²) in [6.07, 6.45) is -0.785. The van der Waals surface area contributed by atoms with Gasteiger partial charge in [-0.25, -0.2) is 6.29 Å². The van der Waals surface area contributed by atoms with E-state index in [9.17, 15) is 43.2 Å². The molecular formula is C33H54N9O9Y-. The molecule has 0 spiro atoms. The molecule has 0 saturated carbocycles. The summed E-state index contributed by atoms with van der Waals surface area (Å²) in [7, 11) is 1.71. The molecule has 6 N–H and O–H groups in total. The second kappa shape index (κ2) is 23.0. The summed E-state index contributed by atoms with van der Waals surface area (Å²) in [5, 5.41) is 11.6. The van der Waals surface area contributed by atoms with Crippen molar-refractivity contribution < 1.29 is 75.9 Å². The monoisotopic (exact) mass is 809 g/mol. The molecule has 2 fully saturated rings. The van der Waals surface area contributed by atoms with Crippen LogP contribution in [0.4, 0.5) is 0 Å². The van der Waals surface area contributed by atoms with Crippen molar-refractivity contribution >= 4 is 55.1 Å². The van der Waals surface area contributed by atoms with Crippen LogP contribution in [0.15, 0.2) is 0 Å². The van der Waals surface area contributed by atoms with Gasteiger partial charge < -0.3 is 49.7 Å². The van der Waals surface area contributed by atoms with Crippen LogP contribution in [0.2, 0.25) is 0 Å². The molecule has 0 unspecified atom stereocenters. The molecule has 2 aliphatic rings. The van der Waals surface area contributed by atoms with Crippen LogP contribution >= 0.6 is 0 Å². The second-order valence-corrected chi connectivity index (χ2v) is 13.9. The van der Waals surface area contributed by atoms with E-state index in [2.05, 4.69) is 21.3 Å². The maximum absolute atomic E-state index is 14.6. The fraction of sp³-hybridized carbons (Fsp3) is 0.727. The molecule has 0 aromatic heterocycles. The summed E-state index contributed by atoms with van der Waals surface area (Å²) in [6.45, 7) is 9.05. The van der Waals surface area contributed by atoms with Crippen LogP contribution in [0.5, 0.6) is 0 Å². The van der Waals surface area contributed by atoms with Crippen molar-refractivity contribution in [2.75, 3.05) is 33.2 Å². The standard InChI is InChI=1S/C33H54N9O9.Y/c1-20(2)13-24(17-45)37-28-31(49)41(10-9-39(28)6)30(38-25(18-46)14-21(3)4)33(51)42-12-11-40(32(50)29(42)35-22(5)15-43)27(19-47)36-23(16-44)7-8-26(34)48;/h15-18,20-25,27-30,35-38H,7-14H2,1-6H3,(H2,34,48);/q-1;/t22-,23-,24-,25-,27+,28+,29+,30+;/m0./s1. The molecule has 2 rings (SSSR count). The van der Waals surface area contributed by atoms with Crippen molar-refractivity contribution in [1.29, 1.82) is 0 Å². The molecule has 2 saturated heterocycles. The predicted molar refractivity (Wildman–Crippen MR) is 184 cm³/mol. The smallest absolute Gasteiger partial charge is 0.262 e. The van der Waals surface area contributed by atoms with E-state index in [0.717, 1.165) is 16.1 Å². The summed E-state index contributed by atoms with van der Waals surface area (Å²) in [5.41, 5.74) is 5.19. The Balaban J connectivity index is 0.0000135. The molecule has 2 aliphatic heterocycles. The number of nitrogens with two attached hydrogens (primary N) is 1. The summed E-state index contributed by atoms with van der Waals surface area (Å²) < 4.78 is 0. The van der Waals surface area contributed by atoms with Gasteiger partial charge in [0.15, 0.2) is 12.3 Å². The zero-order valence-corrected chi connectivity index (χ0v) is 33.7. The molecule has 18 nitrogen and oxygen atoms in total. The van der Waals surface area contributed by atoms with Crippen LogP contribution in [-0.4, -0.2) is 157 Å². The van der Waals surface area contributed by atoms with Gasteiger partial charge >= 0.3 is 0 Å². The molecule has 52 heavy (non-hydrogen) atoms. The van der Waals surface area contributed by atoms with Crippen molar-refractivity contribution in [2.24, 2.45) is 17.6 Å². The number of carbonyl (C=O) groups is 8. The molecule has 19 heteroatoms. The van der Waals surface area contributed by atoms with Gasteiger partial charge in [0.05, 0.1) is 24.2 Å². The third-order valence-corrected chi connectivity index (χ3v) is 8.70. The van der Waals surface area contributed by atoms with Gasteiger partial charge in [0.2, 0.25) is 5.91 Å². The minimum absolute atomic E-state index is 0. The maximum Gasteiger partial charge on any atom is 0.262 e. The second-order valence-electron chi connectivity index (χ2n) is 13.9. The zero-order chi connectivity index (χ0) is 38.4. The Hall–Kier alpha value is -2.87. The molecule has 8 atom stereocenters. The summed E-state index contributed by atoms with van der Waals surface area (Å²) in [4.78, 5) is 119. The van der Waals surface area contributed by atoms with Crippen LogP contribution in [0.3, 0.4) is 0 Å². The number of aldehydes is 4. The Kier molecular flexibility index (Phi) is 20.9. The average molecular weight is 810 g/mol. The Morgan fingerprint density at radius 1 is 0.788 bits per heavy atom. The number of nitrogens with zero attached hydrogens (tertiary/aromatic N) is 4. The number of hydrogen-bond acceptors (Lipinski definition) is 14. The molecule has 1 radical (unpaired) electrons. The van der Waals surface area contributed by atoms with E-state index in [1.807, 2.05) is 27.7 Å². The number of piperazine rings is 2. The zero-order valence-electron chi connectivity index (χ0n) is 30.9. The first-order chi connectivity index (χ1) is 24.1. The Bertz CT molecular complexity index is 1260. The maximum atomic E-state index is 14.6. The molecule has 0 bridgehead atoms. The number of hydrogen-bond donors (Lipinski definition) is 5. The summed E-state index contributed by atoms with van der Waals surface area (Å²) in [6, 6.07) is -3.50. The first-order valence-electron chi connectivity index (χ1n) is 17.2. The average Bonchev–Trinajstić information content (AvgIpc) is 3.08. The van der Waals surface area contributed by atoms with E-state index in [1.165, 1.54) is 11.8 Å². The number of amides is 4. The molecule has 289 valence electrons. The fourth-order valence-corrected chi connectivity index (χ4v) is 6.07. The third-order valence-electron chi connectivity index (χ3n) is 8.70. The van der Waals surface area contributed by atoms with Gasteiger partial charge in [0, 0.05) is 65.3 Å². The summed E-state index contributed by atoms with van der Waals surface area (Å²) >= 11 is 0. The van der Waals surface area contributed by atoms with Crippen LogP contribution < -0.4 is 27.0 Å². The predicted octanol–water partition coefficient (Wildman–Crippen LogP) is -3.15. The number of nitrogens with one attached hydrogen (secondary N) is 4. The normalized spacial score (nSPS) is 21.8. The van der Waals surface area contributed by atoms with Gasteiger partial charge in [-0.1, -0.05) is 27.7 Å². The van der Waals surface area contributed by atoms with E-state index >= 15 is 0 Å². The van der Waals surface area contributed by atoms with E-state index in [4.69, 9.17) is 5.73 Å². The van der Waals surface area contributed by atoms with Gasteiger partial charge in [-0.2, -0.15) is 0 Å². The largest absolute Gasteiger partial charge is 0.539 e. The van der Waals surface area contributed by atoms with Crippen molar-refractivity contribution in [3.63, 3.8) is 0 Å². The van der Waals surface area contributed by atoms with Crippen molar-refractivity contribution in [3.05, 3.63) is 0 Å². The van der Waals surface area contributed by atoms with Gasteiger partial charge in [-0.3, -0.25) is 40.0 Å². The number of rotatable bonds is 23. The summed E-state index contributed by atoms with van der Waals surface area (Å²) in [5.74, 6) is -2.60. The van der Waals surface area contributed by atoms with E-state index < -0.39 is 72.5 Å². The fourth-order valence-electron chi connectivity index (χ4n) is 6.07. The van der Waals surface area contributed by atoms with Crippen molar-refractivity contribution in [2.45, 2.75) is 109 Å². The van der Waals surface area contributed by atoms with Crippen LogP contribution in [0, 0.1) is 11.8 Å². The third kappa shape index (κ3) is 13.5. The Labute approximate surface area is 330 Å². The quantitative estimate of drug-likeness (QED) is 0.0507.